The Bertz CT molecular complexity index is 1180. The third kappa shape index (κ3) is 6.91. The smallest absolute Gasteiger partial charge is 0.267 e. The molecule has 1 aliphatic heterocycles. The molecule has 3 rings (SSSR count). The predicted octanol–water partition coefficient (Wildman–Crippen LogP) is 0.947. The molecule has 0 saturated heterocycles. The molecule has 0 spiro atoms. The second-order valence-corrected chi connectivity index (χ2v) is 8.75. The number of carbonyl (C=O) groups excluding carboxylic acids is 5. The highest BCUT2D eigenvalue weighted by molar-refractivity contribution is 6.23. The number of rotatable bonds is 12. The number of hydroxylamine groups is 1. The summed E-state index contributed by atoms with van der Waals surface area (Å²) in [7, 11) is 0. The zero-order valence-corrected chi connectivity index (χ0v) is 20.6. The Labute approximate surface area is 214 Å². The summed E-state index contributed by atoms with van der Waals surface area (Å²) in [6, 6.07) is 11.3. The van der Waals surface area contributed by atoms with Crippen LogP contribution in [-0.4, -0.2) is 58.8 Å². The van der Waals surface area contributed by atoms with E-state index < -0.39 is 29.7 Å². The van der Waals surface area contributed by atoms with E-state index >= 15 is 0 Å². The van der Waals surface area contributed by atoms with Gasteiger partial charge >= 0.3 is 0 Å². The molecular formula is C26H31N5O6. The molecule has 0 aromatic heterocycles. The Kier molecular flexibility index (Phi) is 9.33. The summed E-state index contributed by atoms with van der Waals surface area (Å²) in [5.41, 5.74) is 9.94. The molecule has 5 amide bonds. The van der Waals surface area contributed by atoms with Gasteiger partial charge in [0.25, 0.3) is 17.7 Å². The first kappa shape index (κ1) is 27.3. The maximum absolute atomic E-state index is 12.6. The number of nitrogens with two attached hydrogens (primary N) is 1. The van der Waals surface area contributed by atoms with Crippen LogP contribution in [0.4, 0.5) is 5.69 Å². The van der Waals surface area contributed by atoms with Gasteiger partial charge < -0.3 is 16.4 Å². The fraction of sp³-hybridized carbons (Fsp3) is 0.346. The highest BCUT2D eigenvalue weighted by Gasteiger charge is 2.37. The van der Waals surface area contributed by atoms with Gasteiger partial charge in [-0.15, -0.1) is 0 Å². The van der Waals surface area contributed by atoms with Crippen LogP contribution in [0, 0.1) is 0 Å². The summed E-state index contributed by atoms with van der Waals surface area (Å²) in [5.74, 6) is -3.06. The van der Waals surface area contributed by atoms with Crippen molar-refractivity contribution in [2.75, 3.05) is 18.8 Å². The van der Waals surface area contributed by atoms with Crippen LogP contribution in [0.2, 0.25) is 0 Å². The molecule has 0 fully saturated rings. The Hall–Kier alpha value is -4.25. The number of hydrogen-bond acceptors (Lipinski definition) is 7. The molecule has 0 aliphatic carbocycles. The van der Waals surface area contributed by atoms with Gasteiger partial charge in [-0.25, -0.2) is 5.48 Å². The first-order valence-corrected chi connectivity index (χ1v) is 12.1. The lowest BCUT2D eigenvalue weighted by atomic mass is 10.0. The van der Waals surface area contributed by atoms with Crippen LogP contribution < -0.4 is 21.8 Å². The number of amides is 5. The van der Waals surface area contributed by atoms with E-state index in [1.54, 1.807) is 6.07 Å². The molecule has 6 N–H and O–H groups in total. The summed E-state index contributed by atoms with van der Waals surface area (Å²) in [4.78, 5) is 62.7. The fourth-order valence-electron chi connectivity index (χ4n) is 4.05. The van der Waals surface area contributed by atoms with Gasteiger partial charge in [-0.2, -0.15) is 0 Å². The molecule has 37 heavy (non-hydrogen) atoms. The second-order valence-electron chi connectivity index (χ2n) is 8.75. The van der Waals surface area contributed by atoms with E-state index in [9.17, 15) is 24.0 Å². The van der Waals surface area contributed by atoms with Crippen molar-refractivity contribution in [3.63, 3.8) is 0 Å². The van der Waals surface area contributed by atoms with Crippen molar-refractivity contribution < 1.29 is 29.2 Å². The maximum Gasteiger partial charge on any atom is 0.267 e. The Morgan fingerprint density at radius 1 is 0.946 bits per heavy atom. The number of nitrogens with one attached hydrogen (secondary N) is 3. The Balaban J connectivity index is 1.48. The lowest BCUT2D eigenvalue weighted by Gasteiger charge is -2.19. The number of nitrogen functional groups attached to an aromatic ring is 1. The molecular weight excluding hydrogens is 478 g/mol. The van der Waals surface area contributed by atoms with Crippen molar-refractivity contribution in [1.82, 2.24) is 21.0 Å². The minimum atomic E-state index is -1.26. The monoisotopic (exact) mass is 509 g/mol. The van der Waals surface area contributed by atoms with E-state index in [2.05, 4.69) is 17.6 Å². The summed E-state index contributed by atoms with van der Waals surface area (Å²) in [6.45, 7) is 1.63. The summed E-state index contributed by atoms with van der Waals surface area (Å²) in [5, 5.41) is 14.0. The highest BCUT2D eigenvalue weighted by atomic mass is 16.5. The van der Waals surface area contributed by atoms with Crippen LogP contribution in [0.3, 0.4) is 0 Å². The van der Waals surface area contributed by atoms with Gasteiger partial charge in [0.15, 0.2) is 0 Å². The normalized spacial score (nSPS) is 13.2. The molecule has 11 nitrogen and oxygen atoms in total. The van der Waals surface area contributed by atoms with E-state index in [4.69, 9.17) is 10.9 Å². The van der Waals surface area contributed by atoms with E-state index in [-0.39, 0.29) is 48.7 Å². The largest absolute Gasteiger partial charge is 0.398 e. The number of carbonyl (C=O) groups is 5. The SMILES string of the molecule is CCCc1ccc(CCC(=O)NC[C@H](NC(=O)CCN2C(=O)c3cccc(N)c3C2=O)C(=O)NO)cc1. The number of nitrogens with zero attached hydrogens (tertiary/aromatic N) is 1. The third-order valence-electron chi connectivity index (χ3n) is 6.06. The number of aryl methyl sites for hydroxylation is 2. The lowest BCUT2D eigenvalue weighted by molar-refractivity contribution is -0.135. The number of fused-ring (bicyclic) bond motifs is 1. The van der Waals surface area contributed by atoms with Gasteiger partial charge in [0.2, 0.25) is 11.8 Å². The number of anilines is 1. The van der Waals surface area contributed by atoms with Crippen molar-refractivity contribution in [2.45, 2.75) is 45.1 Å². The zero-order valence-electron chi connectivity index (χ0n) is 20.6. The third-order valence-corrected chi connectivity index (χ3v) is 6.06. The van der Waals surface area contributed by atoms with Gasteiger partial charge in [0, 0.05) is 31.6 Å². The van der Waals surface area contributed by atoms with Gasteiger partial charge in [0.05, 0.1) is 11.1 Å². The van der Waals surface area contributed by atoms with E-state index in [0.717, 1.165) is 23.3 Å². The van der Waals surface area contributed by atoms with E-state index in [1.807, 2.05) is 24.3 Å². The number of imide groups is 1. The van der Waals surface area contributed by atoms with Crippen molar-refractivity contribution >= 4 is 35.2 Å². The zero-order chi connectivity index (χ0) is 26.9. The minimum absolute atomic E-state index is 0.102. The molecule has 0 radical (unpaired) electrons. The second kappa shape index (κ2) is 12.6. The Morgan fingerprint density at radius 3 is 2.24 bits per heavy atom. The molecule has 1 atom stereocenters. The quantitative estimate of drug-likeness (QED) is 0.123. The van der Waals surface area contributed by atoms with Crippen molar-refractivity contribution in [1.29, 1.82) is 0 Å². The molecule has 11 heteroatoms. The molecule has 1 heterocycles. The van der Waals surface area contributed by atoms with Gasteiger partial charge in [-0.3, -0.25) is 34.1 Å². The van der Waals surface area contributed by atoms with Crippen molar-refractivity contribution in [2.24, 2.45) is 0 Å². The summed E-state index contributed by atoms with van der Waals surface area (Å²) < 4.78 is 0. The van der Waals surface area contributed by atoms with Crippen molar-refractivity contribution in [3.05, 3.63) is 64.7 Å². The minimum Gasteiger partial charge on any atom is -0.398 e. The lowest BCUT2D eigenvalue weighted by Crippen LogP contribution is -2.52. The summed E-state index contributed by atoms with van der Waals surface area (Å²) >= 11 is 0. The maximum atomic E-state index is 12.6. The number of benzene rings is 2. The topological polar surface area (TPSA) is 171 Å². The van der Waals surface area contributed by atoms with Crippen LogP contribution in [0.1, 0.15) is 58.0 Å². The molecule has 0 unspecified atom stereocenters. The molecule has 0 saturated carbocycles. The van der Waals surface area contributed by atoms with Crippen LogP contribution in [0.25, 0.3) is 0 Å². The first-order valence-electron chi connectivity index (χ1n) is 12.1. The summed E-state index contributed by atoms with van der Waals surface area (Å²) in [6.07, 6.45) is 2.44. The van der Waals surface area contributed by atoms with E-state index in [1.165, 1.54) is 23.2 Å². The van der Waals surface area contributed by atoms with Gasteiger partial charge in [-0.1, -0.05) is 43.7 Å². The molecule has 1 aliphatic rings. The molecule has 2 aromatic rings. The van der Waals surface area contributed by atoms with Crippen LogP contribution in [-0.2, 0) is 27.2 Å². The predicted molar refractivity (Wildman–Crippen MR) is 134 cm³/mol. The molecule has 196 valence electrons. The highest BCUT2D eigenvalue weighted by Crippen LogP contribution is 2.27. The van der Waals surface area contributed by atoms with Gasteiger partial charge in [-0.05, 0) is 36.1 Å². The average Bonchev–Trinajstić information content (AvgIpc) is 3.14. The molecule has 0 bridgehead atoms. The Morgan fingerprint density at radius 2 is 1.62 bits per heavy atom. The fourth-order valence-corrected chi connectivity index (χ4v) is 4.05. The average molecular weight is 510 g/mol. The van der Waals surface area contributed by atoms with Gasteiger partial charge in [0.1, 0.15) is 6.04 Å². The van der Waals surface area contributed by atoms with Crippen molar-refractivity contribution in [3.8, 4) is 0 Å². The van der Waals surface area contributed by atoms with Crippen LogP contribution in [0.5, 0.6) is 0 Å². The van der Waals surface area contributed by atoms with E-state index in [0.29, 0.717) is 6.42 Å². The number of hydrogen-bond donors (Lipinski definition) is 5. The standard InChI is InChI=1S/C26H31N5O6/c1-2-4-16-7-9-17(10-8-16)11-12-21(32)28-15-20(24(34)30-37)29-22(33)13-14-31-25(35)18-5-3-6-19(27)23(18)26(31)36/h3,5-10,20,37H,2,4,11-15,27H2,1H3,(H,28,32)(H,29,33)(H,30,34)/t20-/m0/s1. The molecule has 2 aromatic carbocycles. The van der Waals surface area contributed by atoms with Crippen LogP contribution in [0.15, 0.2) is 42.5 Å². The van der Waals surface area contributed by atoms with Crippen LogP contribution >= 0.6 is 0 Å². The first-order chi connectivity index (χ1) is 17.7.